The third kappa shape index (κ3) is 3.24. The van der Waals surface area contributed by atoms with Gasteiger partial charge in [0.05, 0.1) is 6.21 Å². The van der Waals surface area contributed by atoms with E-state index in [0.717, 1.165) is 11.1 Å². The van der Waals surface area contributed by atoms with Gasteiger partial charge in [-0.05, 0) is 17.2 Å². The van der Waals surface area contributed by atoms with Gasteiger partial charge in [0.25, 0.3) is 0 Å². The lowest BCUT2D eigenvalue weighted by molar-refractivity contribution is 0.132. The van der Waals surface area contributed by atoms with Gasteiger partial charge in [-0.2, -0.15) is 0 Å². The van der Waals surface area contributed by atoms with Crippen molar-refractivity contribution >= 4 is 6.21 Å². The molecule has 0 unspecified atom stereocenters. The van der Waals surface area contributed by atoms with Crippen molar-refractivity contribution in [3.05, 3.63) is 71.8 Å². The zero-order valence-corrected chi connectivity index (χ0v) is 8.84. The fourth-order valence-corrected chi connectivity index (χ4v) is 1.27. The predicted octanol–water partition coefficient (Wildman–Crippen LogP) is 3.04. The van der Waals surface area contributed by atoms with Crippen molar-refractivity contribution in [1.82, 2.24) is 0 Å². The molecule has 16 heavy (non-hydrogen) atoms. The number of benzene rings is 2. The molecule has 0 fully saturated rings. The van der Waals surface area contributed by atoms with Crippen LogP contribution in [0, 0.1) is 6.07 Å². The molecule has 0 aliphatic heterocycles. The van der Waals surface area contributed by atoms with Crippen molar-refractivity contribution in [2.75, 3.05) is 0 Å². The first-order chi connectivity index (χ1) is 7.95. The molecular weight excluding hydrogens is 198 g/mol. The second kappa shape index (κ2) is 5.71. The molecule has 0 saturated carbocycles. The average molecular weight is 210 g/mol. The van der Waals surface area contributed by atoms with Crippen LogP contribution in [0.4, 0.5) is 0 Å². The Morgan fingerprint density at radius 1 is 1.06 bits per heavy atom. The van der Waals surface area contributed by atoms with E-state index >= 15 is 0 Å². The number of nitrogens with zero attached hydrogens (tertiary/aromatic N) is 1. The number of oxime groups is 1. The minimum absolute atomic E-state index is 0.496. The molecular formula is C14H12NO. The summed E-state index contributed by atoms with van der Waals surface area (Å²) in [6, 6.07) is 20.4. The normalized spacial score (nSPS) is 10.5. The Labute approximate surface area is 95.2 Å². The van der Waals surface area contributed by atoms with Crippen LogP contribution in [0.5, 0.6) is 0 Å². The van der Waals surface area contributed by atoms with Gasteiger partial charge in [0, 0.05) is 0 Å². The van der Waals surface area contributed by atoms with Crippen LogP contribution in [0.15, 0.2) is 59.8 Å². The number of rotatable bonds is 4. The smallest absolute Gasteiger partial charge is 0.142 e. The summed E-state index contributed by atoms with van der Waals surface area (Å²) in [6.07, 6.45) is 1.69. The van der Waals surface area contributed by atoms with Gasteiger partial charge >= 0.3 is 0 Å². The van der Waals surface area contributed by atoms with Crippen molar-refractivity contribution < 1.29 is 4.84 Å². The molecule has 2 rings (SSSR count). The van der Waals surface area contributed by atoms with E-state index in [1.165, 1.54) is 0 Å². The Morgan fingerprint density at radius 2 is 1.81 bits per heavy atom. The van der Waals surface area contributed by atoms with Gasteiger partial charge in [-0.1, -0.05) is 59.8 Å². The van der Waals surface area contributed by atoms with Crippen LogP contribution >= 0.6 is 0 Å². The first-order valence-electron chi connectivity index (χ1n) is 5.10. The van der Waals surface area contributed by atoms with Gasteiger partial charge in [-0.15, -0.1) is 0 Å². The molecule has 2 aromatic carbocycles. The molecule has 0 aliphatic carbocycles. The molecule has 0 bridgehead atoms. The van der Waals surface area contributed by atoms with Gasteiger partial charge in [-0.3, -0.25) is 0 Å². The quantitative estimate of drug-likeness (QED) is 0.561. The van der Waals surface area contributed by atoms with Crippen molar-refractivity contribution in [3.63, 3.8) is 0 Å². The van der Waals surface area contributed by atoms with Crippen LogP contribution in [-0.4, -0.2) is 6.21 Å². The lowest BCUT2D eigenvalue weighted by atomic mass is 10.2. The fourth-order valence-electron chi connectivity index (χ4n) is 1.27. The monoisotopic (exact) mass is 210 g/mol. The van der Waals surface area contributed by atoms with E-state index in [1.807, 2.05) is 54.6 Å². The van der Waals surface area contributed by atoms with Crippen LogP contribution in [0.3, 0.4) is 0 Å². The van der Waals surface area contributed by atoms with E-state index in [2.05, 4.69) is 11.2 Å². The highest BCUT2D eigenvalue weighted by Gasteiger charge is 1.89. The molecule has 2 aromatic rings. The highest BCUT2D eigenvalue weighted by atomic mass is 16.6. The average Bonchev–Trinajstić information content (AvgIpc) is 2.37. The largest absolute Gasteiger partial charge is 0.391 e. The Morgan fingerprint density at radius 3 is 2.56 bits per heavy atom. The maximum atomic E-state index is 5.18. The van der Waals surface area contributed by atoms with E-state index < -0.39 is 0 Å². The van der Waals surface area contributed by atoms with E-state index in [9.17, 15) is 0 Å². The van der Waals surface area contributed by atoms with Crippen LogP contribution in [0.25, 0.3) is 0 Å². The summed E-state index contributed by atoms with van der Waals surface area (Å²) in [5, 5.41) is 3.90. The van der Waals surface area contributed by atoms with E-state index in [-0.39, 0.29) is 0 Å². The van der Waals surface area contributed by atoms with Crippen LogP contribution in [0.2, 0.25) is 0 Å². The van der Waals surface area contributed by atoms with E-state index in [1.54, 1.807) is 6.21 Å². The van der Waals surface area contributed by atoms with Gasteiger partial charge < -0.3 is 4.84 Å². The lowest BCUT2D eigenvalue weighted by Crippen LogP contribution is -1.87. The summed E-state index contributed by atoms with van der Waals surface area (Å²) >= 11 is 0. The fraction of sp³-hybridized carbons (Fsp3) is 0.0714. The van der Waals surface area contributed by atoms with Crippen LogP contribution in [0.1, 0.15) is 11.1 Å². The molecule has 2 heteroatoms. The summed E-state index contributed by atoms with van der Waals surface area (Å²) in [4.78, 5) is 5.18. The molecule has 0 aromatic heterocycles. The van der Waals surface area contributed by atoms with Crippen LogP contribution < -0.4 is 0 Å². The standard InChI is InChI=1S/C14H12NO/c1-3-7-13(8-4-1)11-15-16-12-14-9-5-2-6-10-14/h2-11H,12H2. The van der Waals surface area contributed by atoms with Crippen LogP contribution in [-0.2, 0) is 11.4 Å². The summed E-state index contributed by atoms with van der Waals surface area (Å²) in [7, 11) is 0. The lowest BCUT2D eigenvalue weighted by Gasteiger charge is -1.98. The molecule has 0 atom stereocenters. The predicted molar refractivity (Wildman–Crippen MR) is 64.1 cm³/mol. The Bertz CT molecular complexity index is 437. The van der Waals surface area contributed by atoms with E-state index in [0.29, 0.717) is 6.61 Å². The molecule has 0 saturated heterocycles. The minimum Gasteiger partial charge on any atom is -0.391 e. The molecule has 1 radical (unpaired) electrons. The molecule has 0 amide bonds. The van der Waals surface area contributed by atoms with Crippen molar-refractivity contribution in [2.24, 2.45) is 5.16 Å². The van der Waals surface area contributed by atoms with Gasteiger partial charge in [0.15, 0.2) is 0 Å². The van der Waals surface area contributed by atoms with Gasteiger partial charge in [-0.25, -0.2) is 0 Å². The summed E-state index contributed by atoms with van der Waals surface area (Å²) in [5.41, 5.74) is 2.12. The first-order valence-corrected chi connectivity index (χ1v) is 5.10. The number of hydrogen-bond donors (Lipinski definition) is 0. The highest BCUT2D eigenvalue weighted by molar-refractivity contribution is 5.78. The summed E-state index contributed by atoms with van der Waals surface area (Å²) in [5.74, 6) is 0. The molecule has 79 valence electrons. The third-order valence-electron chi connectivity index (χ3n) is 2.09. The third-order valence-corrected chi connectivity index (χ3v) is 2.09. The summed E-state index contributed by atoms with van der Waals surface area (Å²) in [6.45, 7) is 0.496. The molecule has 0 spiro atoms. The van der Waals surface area contributed by atoms with Gasteiger partial charge in [0.2, 0.25) is 0 Å². The topological polar surface area (TPSA) is 21.6 Å². The van der Waals surface area contributed by atoms with E-state index in [4.69, 9.17) is 4.84 Å². The minimum atomic E-state index is 0.496. The number of hydrogen-bond acceptors (Lipinski definition) is 2. The SMILES string of the molecule is [c]1ccc(C=NOCc2ccccc2)cc1. The molecule has 0 N–H and O–H groups in total. The molecule has 0 heterocycles. The zero-order chi connectivity index (χ0) is 11.1. The maximum absolute atomic E-state index is 5.18. The second-order valence-corrected chi connectivity index (χ2v) is 3.33. The Hall–Kier alpha value is -2.09. The second-order valence-electron chi connectivity index (χ2n) is 3.33. The molecule has 2 nitrogen and oxygen atoms in total. The van der Waals surface area contributed by atoms with Crippen molar-refractivity contribution in [3.8, 4) is 0 Å². The maximum Gasteiger partial charge on any atom is 0.142 e. The van der Waals surface area contributed by atoms with Crippen molar-refractivity contribution in [2.45, 2.75) is 6.61 Å². The summed E-state index contributed by atoms with van der Waals surface area (Å²) < 4.78 is 0. The van der Waals surface area contributed by atoms with Gasteiger partial charge in [0.1, 0.15) is 6.61 Å². The zero-order valence-electron chi connectivity index (χ0n) is 8.84. The Balaban J connectivity index is 1.83. The van der Waals surface area contributed by atoms with Crippen molar-refractivity contribution in [1.29, 1.82) is 0 Å². The first kappa shape index (κ1) is 10.4. The Kier molecular flexibility index (Phi) is 3.72. The molecule has 0 aliphatic rings. The highest BCUT2D eigenvalue weighted by Crippen LogP contribution is 2.00.